The number of rotatable bonds is 6. The highest BCUT2D eigenvalue weighted by Gasteiger charge is 2.11. The molecule has 94 valence electrons. The van der Waals surface area contributed by atoms with Crippen LogP contribution in [0.25, 0.3) is 0 Å². The summed E-state index contributed by atoms with van der Waals surface area (Å²) in [6.45, 7) is 7.42. The van der Waals surface area contributed by atoms with Crippen molar-refractivity contribution in [2.45, 2.75) is 39.8 Å². The number of aryl methyl sites for hydroxylation is 1. The Morgan fingerprint density at radius 3 is 2.65 bits per heavy atom. The third-order valence-electron chi connectivity index (χ3n) is 2.70. The number of hydrogen-bond donors (Lipinski definition) is 1. The molecule has 1 aromatic heterocycles. The second-order valence-corrected chi connectivity index (χ2v) is 4.52. The van der Waals surface area contributed by atoms with E-state index in [0.29, 0.717) is 12.6 Å². The van der Waals surface area contributed by atoms with Crippen LogP contribution in [-0.4, -0.2) is 33.5 Å². The number of carbonyl (C=O) groups is 1. The number of carboxylic acid groups (broad SMARTS) is 1. The lowest BCUT2D eigenvalue weighted by Gasteiger charge is -2.25. The van der Waals surface area contributed by atoms with Gasteiger partial charge >= 0.3 is 5.97 Å². The quantitative estimate of drug-likeness (QED) is 0.821. The minimum atomic E-state index is -0.752. The van der Waals surface area contributed by atoms with E-state index in [1.807, 2.05) is 25.3 Å². The Hall–Kier alpha value is -1.42. The molecule has 1 N–H and O–H groups in total. The molecule has 0 aliphatic carbocycles. The molecule has 4 nitrogen and oxygen atoms in total. The third kappa shape index (κ3) is 4.95. The largest absolute Gasteiger partial charge is 0.481 e. The average molecular weight is 236 g/mol. The summed E-state index contributed by atoms with van der Waals surface area (Å²) in [5.41, 5.74) is 2.12. The van der Waals surface area contributed by atoms with Gasteiger partial charge in [0.25, 0.3) is 0 Å². The zero-order valence-electron chi connectivity index (χ0n) is 10.7. The van der Waals surface area contributed by atoms with Crippen LogP contribution >= 0.6 is 0 Å². The van der Waals surface area contributed by atoms with Crippen LogP contribution < -0.4 is 0 Å². The van der Waals surface area contributed by atoms with Crippen molar-refractivity contribution < 1.29 is 9.90 Å². The molecular weight excluding hydrogens is 216 g/mol. The first kappa shape index (κ1) is 13.6. The fourth-order valence-corrected chi connectivity index (χ4v) is 1.59. The van der Waals surface area contributed by atoms with Gasteiger partial charge in [0.05, 0.1) is 6.42 Å². The van der Waals surface area contributed by atoms with Crippen molar-refractivity contribution in [3.63, 3.8) is 0 Å². The summed E-state index contributed by atoms with van der Waals surface area (Å²) >= 11 is 0. The first-order chi connectivity index (χ1) is 7.99. The molecule has 0 unspecified atom stereocenters. The Balaban J connectivity index is 2.60. The van der Waals surface area contributed by atoms with Crippen molar-refractivity contribution >= 4 is 5.97 Å². The molecule has 1 aromatic rings. The second kappa shape index (κ2) is 6.35. The predicted molar refractivity (Wildman–Crippen MR) is 66.8 cm³/mol. The molecule has 4 heteroatoms. The molecule has 0 saturated heterocycles. The lowest BCUT2D eigenvalue weighted by molar-refractivity contribution is -0.137. The highest BCUT2D eigenvalue weighted by molar-refractivity contribution is 5.66. The maximum Gasteiger partial charge on any atom is 0.304 e. The molecule has 1 heterocycles. The predicted octanol–water partition coefficient (Wildman–Crippen LogP) is 2.08. The average Bonchev–Trinajstić information content (AvgIpc) is 2.26. The molecule has 0 fully saturated rings. The molecule has 0 aliphatic rings. The molecular formula is C13H20N2O2. The summed E-state index contributed by atoms with van der Waals surface area (Å²) in [4.78, 5) is 17.0. The lowest BCUT2D eigenvalue weighted by atomic mass is 10.2. The molecule has 0 saturated carbocycles. The molecule has 0 radical (unpaired) electrons. The topological polar surface area (TPSA) is 53.4 Å². The fourth-order valence-electron chi connectivity index (χ4n) is 1.59. The standard InChI is InChI=1S/C13H20N2O2/c1-10(2)15(7-6-13(16)17)9-12-5-4-11(3)14-8-12/h4-5,8,10H,6-7,9H2,1-3H3,(H,16,17). The molecule has 0 aliphatic heterocycles. The molecule has 0 bridgehead atoms. The summed E-state index contributed by atoms with van der Waals surface area (Å²) in [6.07, 6.45) is 2.03. The number of aliphatic carboxylic acids is 1. The van der Waals surface area contributed by atoms with Crippen LogP contribution in [-0.2, 0) is 11.3 Å². The van der Waals surface area contributed by atoms with E-state index in [-0.39, 0.29) is 6.42 Å². The maximum atomic E-state index is 10.6. The number of hydrogen-bond acceptors (Lipinski definition) is 3. The first-order valence-corrected chi connectivity index (χ1v) is 5.86. The Labute approximate surface area is 102 Å². The number of carboxylic acids is 1. The van der Waals surface area contributed by atoms with Gasteiger partial charge in [-0.3, -0.25) is 14.7 Å². The first-order valence-electron chi connectivity index (χ1n) is 5.86. The molecule has 0 atom stereocenters. The molecule has 0 spiro atoms. The zero-order valence-corrected chi connectivity index (χ0v) is 10.7. The monoisotopic (exact) mass is 236 g/mol. The summed E-state index contributed by atoms with van der Waals surface area (Å²) in [5, 5.41) is 8.71. The zero-order chi connectivity index (χ0) is 12.8. The van der Waals surface area contributed by atoms with E-state index >= 15 is 0 Å². The minimum absolute atomic E-state index is 0.178. The van der Waals surface area contributed by atoms with Gasteiger partial charge in [0, 0.05) is 31.0 Å². The lowest BCUT2D eigenvalue weighted by Crippen LogP contribution is -2.32. The summed E-state index contributed by atoms with van der Waals surface area (Å²) in [6, 6.07) is 4.35. The second-order valence-electron chi connectivity index (χ2n) is 4.52. The van der Waals surface area contributed by atoms with E-state index in [1.54, 1.807) is 0 Å². The Morgan fingerprint density at radius 2 is 2.18 bits per heavy atom. The van der Waals surface area contributed by atoms with Gasteiger partial charge in [-0.05, 0) is 32.4 Å². The summed E-state index contributed by atoms with van der Waals surface area (Å²) < 4.78 is 0. The molecule has 0 amide bonds. The van der Waals surface area contributed by atoms with Gasteiger partial charge in [-0.15, -0.1) is 0 Å². The van der Waals surface area contributed by atoms with Crippen LogP contribution in [0.15, 0.2) is 18.3 Å². The van der Waals surface area contributed by atoms with E-state index in [1.165, 1.54) is 0 Å². The number of pyridine rings is 1. The minimum Gasteiger partial charge on any atom is -0.481 e. The van der Waals surface area contributed by atoms with E-state index in [9.17, 15) is 4.79 Å². The number of aromatic nitrogens is 1. The SMILES string of the molecule is Cc1ccc(CN(CCC(=O)O)C(C)C)cn1. The van der Waals surface area contributed by atoms with E-state index in [0.717, 1.165) is 17.8 Å². The van der Waals surface area contributed by atoms with Gasteiger partial charge in [-0.2, -0.15) is 0 Å². The fraction of sp³-hybridized carbons (Fsp3) is 0.538. The van der Waals surface area contributed by atoms with Gasteiger partial charge < -0.3 is 5.11 Å². The van der Waals surface area contributed by atoms with Crippen molar-refractivity contribution in [2.75, 3.05) is 6.54 Å². The highest BCUT2D eigenvalue weighted by atomic mass is 16.4. The van der Waals surface area contributed by atoms with Gasteiger partial charge in [-0.25, -0.2) is 0 Å². The Bertz CT molecular complexity index is 360. The van der Waals surface area contributed by atoms with Crippen LogP contribution in [0.3, 0.4) is 0 Å². The third-order valence-corrected chi connectivity index (χ3v) is 2.70. The van der Waals surface area contributed by atoms with E-state index in [2.05, 4.69) is 23.7 Å². The van der Waals surface area contributed by atoms with Crippen LogP contribution in [0.4, 0.5) is 0 Å². The number of nitrogens with zero attached hydrogens (tertiary/aromatic N) is 2. The van der Waals surface area contributed by atoms with Crippen molar-refractivity contribution in [1.82, 2.24) is 9.88 Å². The maximum absolute atomic E-state index is 10.6. The molecule has 17 heavy (non-hydrogen) atoms. The van der Waals surface area contributed by atoms with Crippen LogP contribution in [0.5, 0.6) is 0 Å². The van der Waals surface area contributed by atoms with Crippen molar-refractivity contribution in [3.8, 4) is 0 Å². The molecule has 0 aromatic carbocycles. The highest BCUT2D eigenvalue weighted by Crippen LogP contribution is 2.08. The van der Waals surface area contributed by atoms with Gasteiger partial charge in [-0.1, -0.05) is 6.07 Å². The van der Waals surface area contributed by atoms with Crippen LogP contribution in [0.2, 0.25) is 0 Å². The van der Waals surface area contributed by atoms with E-state index in [4.69, 9.17) is 5.11 Å². The van der Waals surface area contributed by atoms with Crippen molar-refractivity contribution in [1.29, 1.82) is 0 Å². The van der Waals surface area contributed by atoms with E-state index < -0.39 is 5.97 Å². The molecule has 1 rings (SSSR count). The van der Waals surface area contributed by atoms with Crippen LogP contribution in [0.1, 0.15) is 31.5 Å². The van der Waals surface area contributed by atoms with Gasteiger partial charge in [0.2, 0.25) is 0 Å². The Kier molecular flexibility index (Phi) is 5.10. The van der Waals surface area contributed by atoms with Gasteiger partial charge in [0.1, 0.15) is 0 Å². The smallest absolute Gasteiger partial charge is 0.304 e. The van der Waals surface area contributed by atoms with Gasteiger partial charge in [0.15, 0.2) is 0 Å². The summed E-state index contributed by atoms with van der Waals surface area (Å²) in [7, 11) is 0. The Morgan fingerprint density at radius 1 is 1.47 bits per heavy atom. The summed E-state index contributed by atoms with van der Waals surface area (Å²) in [5.74, 6) is -0.752. The van der Waals surface area contributed by atoms with Crippen molar-refractivity contribution in [2.24, 2.45) is 0 Å². The van der Waals surface area contributed by atoms with Crippen LogP contribution in [0, 0.1) is 6.92 Å². The normalized spacial score (nSPS) is 11.1. The van der Waals surface area contributed by atoms with Crippen molar-refractivity contribution in [3.05, 3.63) is 29.6 Å².